The van der Waals surface area contributed by atoms with Gasteiger partial charge in [0.05, 0.1) is 11.8 Å². The highest BCUT2D eigenvalue weighted by molar-refractivity contribution is 6.08. The van der Waals surface area contributed by atoms with Gasteiger partial charge < -0.3 is 9.80 Å². The van der Waals surface area contributed by atoms with Crippen molar-refractivity contribution < 1.29 is 14.4 Å². The molecule has 1 aromatic rings. The predicted molar refractivity (Wildman–Crippen MR) is 109 cm³/mol. The van der Waals surface area contributed by atoms with Crippen molar-refractivity contribution in [1.82, 2.24) is 9.80 Å². The van der Waals surface area contributed by atoms with Crippen molar-refractivity contribution in [2.24, 2.45) is 23.7 Å². The van der Waals surface area contributed by atoms with Gasteiger partial charge in [-0.15, -0.1) is 0 Å². The van der Waals surface area contributed by atoms with Gasteiger partial charge >= 0.3 is 0 Å². The van der Waals surface area contributed by atoms with E-state index in [0.29, 0.717) is 6.54 Å². The molecule has 0 radical (unpaired) electrons. The normalized spacial score (nSPS) is 29.8. The fourth-order valence-corrected chi connectivity index (χ4v) is 5.63. The molecule has 2 aliphatic carbocycles. The number of allylic oxidation sites excluding steroid dienone is 2. The molecule has 6 heteroatoms. The Balaban J connectivity index is 1.26. The van der Waals surface area contributed by atoms with Gasteiger partial charge in [-0.3, -0.25) is 19.3 Å². The number of fused-ring (bicyclic) bond motifs is 5. The van der Waals surface area contributed by atoms with E-state index in [2.05, 4.69) is 29.2 Å². The van der Waals surface area contributed by atoms with Crippen LogP contribution in [0.15, 0.2) is 36.4 Å². The molecule has 152 valence electrons. The molecule has 29 heavy (non-hydrogen) atoms. The highest BCUT2D eigenvalue weighted by atomic mass is 16.2. The minimum Gasteiger partial charge on any atom is -0.371 e. The molecular weight excluding hydrogens is 366 g/mol. The number of likely N-dealkylation sites (N-methyl/N-ethyl adjacent to an activating group) is 1. The summed E-state index contributed by atoms with van der Waals surface area (Å²) < 4.78 is 0. The Kier molecular flexibility index (Phi) is 4.45. The SMILES string of the molecule is CN(Cc1ccccc1N1CCCC1)C(=O)CN1C(=O)C2C3C=CC(C3)C2C1=O. The largest absolute Gasteiger partial charge is 0.371 e. The molecule has 4 unspecified atom stereocenters. The second kappa shape index (κ2) is 7.01. The van der Waals surface area contributed by atoms with Crippen molar-refractivity contribution in [3.63, 3.8) is 0 Å². The van der Waals surface area contributed by atoms with Gasteiger partial charge in [0, 0.05) is 32.4 Å². The number of carbonyl (C=O) groups excluding carboxylic acids is 3. The first kappa shape index (κ1) is 18.4. The summed E-state index contributed by atoms with van der Waals surface area (Å²) >= 11 is 0. The van der Waals surface area contributed by atoms with Crippen LogP contribution in [0.5, 0.6) is 0 Å². The standard InChI is InChI=1S/C23H27N3O3/c1-24(13-17-6-2-3-7-18(17)25-10-4-5-11-25)19(27)14-26-22(28)20-15-8-9-16(12-15)21(20)23(26)29/h2-3,6-9,15-16,20-21H,4-5,10-14H2,1H3. The zero-order valence-corrected chi connectivity index (χ0v) is 16.8. The number of para-hydroxylation sites is 1. The van der Waals surface area contributed by atoms with E-state index in [1.165, 1.54) is 23.4 Å². The van der Waals surface area contributed by atoms with Gasteiger partial charge in [-0.2, -0.15) is 0 Å². The van der Waals surface area contributed by atoms with Crippen molar-refractivity contribution in [1.29, 1.82) is 0 Å². The molecule has 2 aliphatic heterocycles. The summed E-state index contributed by atoms with van der Waals surface area (Å²) in [4.78, 5) is 43.7. The average Bonchev–Trinajstić information content (AvgIpc) is 3.50. The summed E-state index contributed by atoms with van der Waals surface area (Å²) in [6.45, 7) is 2.42. The second-order valence-electron chi connectivity index (χ2n) is 8.84. The van der Waals surface area contributed by atoms with Crippen LogP contribution in [0.1, 0.15) is 24.8 Å². The lowest BCUT2D eigenvalue weighted by molar-refractivity contribution is -0.146. The minimum absolute atomic E-state index is 0.146. The van der Waals surface area contributed by atoms with E-state index < -0.39 is 0 Å². The van der Waals surface area contributed by atoms with E-state index in [1.54, 1.807) is 11.9 Å². The number of likely N-dealkylation sites (tertiary alicyclic amines) is 1. The Hall–Kier alpha value is -2.63. The number of carbonyl (C=O) groups is 3. The van der Waals surface area contributed by atoms with E-state index in [4.69, 9.17) is 0 Å². The third-order valence-corrected chi connectivity index (χ3v) is 7.13. The molecular formula is C23H27N3O3. The molecule has 4 atom stereocenters. The average molecular weight is 393 g/mol. The first-order valence-corrected chi connectivity index (χ1v) is 10.6. The fraction of sp³-hybridized carbons (Fsp3) is 0.522. The molecule has 0 spiro atoms. The number of anilines is 1. The highest BCUT2D eigenvalue weighted by Crippen LogP contribution is 2.52. The lowest BCUT2D eigenvalue weighted by Crippen LogP contribution is -2.42. The molecule has 5 rings (SSSR count). The lowest BCUT2D eigenvalue weighted by Gasteiger charge is -2.26. The molecule has 6 nitrogen and oxygen atoms in total. The topological polar surface area (TPSA) is 60.9 Å². The Bertz CT molecular complexity index is 859. The third kappa shape index (κ3) is 2.96. The van der Waals surface area contributed by atoms with Gasteiger partial charge in [0.1, 0.15) is 6.54 Å². The Labute approximate surface area is 171 Å². The lowest BCUT2D eigenvalue weighted by atomic mass is 9.85. The number of nitrogens with zero attached hydrogens (tertiary/aromatic N) is 3. The number of amides is 3. The maximum Gasteiger partial charge on any atom is 0.242 e. The minimum atomic E-state index is -0.244. The number of hydrogen-bond donors (Lipinski definition) is 0. The second-order valence-corrected chi connectivity index (χ2v) is 8.84. The summed E-state index contributed by atoms with van der Waals surface area (Å²) in [5.74, 6) is -0.647. The Morgan fingerprint density at radius 1 is 1.03 bits per heavy atom. The first-order chi connectivity index (χ1) is 14.0. The molecule has 3 fully saturated rings. The van der Waals surface area contributed by atoms with E-state index in [-0.39, 0.29) is 47.9 Å². The molecule has 2 saturated heterocycles. The summed E-state index contributed by atoms with van der Waals surface area (Å²) in [7, 11) is 1.75. The van der Waals surface area contributed by atoms with Gasteiger partial charge in [-0.05, 0) is 42.7 Å². The number of imide groups is 1. The number of hydrogen-bond acceptors (Lipinski definition) is 4. The fourth-order valence-electron chi connectivity index (χ4n) is 5.63. The number of benzene rings is 1. The van der Waals surface area contributed by atoms with Crippen LogP contribution < -0.4 is 4.90 Å². The molecule has 0 N–H and O–H groups in total. The zero-order valence-electron chi connectivity index (χ0n) is 16.8. The summed E-state index contributed by atoms with van der Waals surface area (Å²) in [5.41, 5.74) is 2.28. The van der Waals surface area contributed by atoms with Crippen LogP contribution in [-0.4, -0.2) is 54.2 Å². The van der Waals surface area contributed by atoms with E-state index in [0.717, 1.165) is 25.1 Å². The van der Waals surface area contributed by atoms with Crippen LogP contribution in [0, 0.1) is 23.7 Å². The van der Waals surface area contributed by atoms with E-state index in [1.807, 2.05) is 12.1 Å². The molecule has 0 aromatic heterocycles. The highest BCUT2D eigenvalue weighted by Gasteiger charge is 2.59. The van der Waals surface area contributed by atoms with E-state index >= 15 is 0 Å². The van der Waals surface area contributed by atoms with Crippen LogP contribution in [0.4, 0.5) is 5.69 Å². The molecule has 2 bridgehead atoms. The smallest absolute Gasteiger partial charge is 0.242 e. The van der Waals surface area contributed by atoms with Gasteiger partial charge in [-0.25, -0.2) is 0 Å². The van der Waals surface area contributed by atoms with Crippen molar-refractivity contribution in [3.05, 3.63) is 42.0 Å². The van der Waals surface area contributed by atoms with Gasteiger partial charge in [0.15, 0.2) is 0 Å². The van der Waals surface area contributed by atoms with Crippen LogP contribution in [0.25, 0.3) is 0 Å². The molecule has 2 heterocycles. The summed E-state index contributed by atoms with van der Waals surface area (Å²) in [5, 5.41) is 0. The number of rotatable bonds is 5. The van der Waals surface area contributed by atoms with Gasteiger partial charge in [0.25, 0.3) is 0 Å². The first-order valence-electron chi connectivity index (χ1n) is 10.6. The summed E-state index contributed by atoms with van der Waals surface area (Å²) in [6.07, 6.45) is 7.44. The summed E-state index contributed by atoms with van der Waals surface area (Å²) in [6, 6.07) is 8.18. The van der Waals surface area contributed by atoms with Crippen molar-refractivity contribution in [2.45, 2.75) is 25.8 Å². The van der Waals surface area contributed by atoms with E-state index in [9.17, 15) is 14.4 Å². The van der Waals surface area contributed by atoms with Gasteiger partial charge in [0.2, 0.25) is 17.7 Å². The predicted octanol–water partition coefficient (Wildman–Crippen LogP) is 2.05. The van der Waals surface area contributed by atoms with Crippen LogP contribution in [-0.2, 0) is 20.9 Å². The quantitative estimate of drug-likeness (QED) is 0.568. The van der Waals surface area contributed by atoms with Crippen LogP contribution in [0.2, 0.25) is 0 Å². The third-order valence-electron chi connectivity index (χ3n) is 7.13. The molecule has 4 aliphatic rings. The van der Waals surface area contributed by atoms with Crippen molar-refractivity contribution in [3.8, 4) is 0 Å². The van der Waals surface area contributed by atoms with Crippen LogP contribution in [0.3, 0.4) is 0 Å². The van der Waals surface area contributed by atoms with Crippen molar-refractivity contribution in [2.75, 3.05) is 31.6 Å². The molecule has 1 saturated carbocycles. The molecule has 3 amide bonds. The maximum atomic E-state index is 12.9. The van der Waals surface area contributed by atoms with Gasteiger partial charge in [-0.1, -0.05) is 30.4 Å². The van der Waals surface area contributed by atoms with Crippen LogP contribution >= 0.6 is 0 Å². The zero-order chi connectivity index (χ0) is 20.1. The Morgan fingerprint density at radius 3 is 2.31 bits per heavy atom. The maximum absolute atomic E-state index is 12.9. The molecule has 1 aromatic carbocycles. The van der Waals surface area contributed by atoms with Crippen molar-refractivity contribution >= 4 is 23.4 Å². The Morgan fingerprint density at radius 2 is 1.66 bits per heavy atom. The monoisotopic (exact) mass is 393 g/mol.